The molecule has 1 heterocycles. The average Bonchev–Trinajstić information content (AvgIpc) is 3.17. The van der Waals surface area contributed by atoms with E-state index < -0.39 is 0 Å². The van der Waals surface area contributed by atoms with E-state index in [1.807, 2.05) is 19.4 Å². The minimum atomic E-state index is 0.244. The van der Waals surface area contributed by atoms with Crippen LogP contribution in [0.4, 0.5) is 0 Å². The predicted octanol–water partition coefficient (Wildman–Crippen LogP) is 1.58. The molecule has 1 aliphatic carbocycles. The summed E-state index contributed by atoms with van der Waals surface area (Å²) < 4.78 is 7.77. The van der Waals surface area contributed by atoms with Crippen molar-refractivity contribution < 1.29 is 4.74 Å². The number of rotatable bonds is 9. The number of hydrogen-bond acceptors (Lipinski definition) is 4. The van der Waals surface area contributed by atoms with Crippen molar-refractivity contribution in [3.05, 3.63) is 18.2 Å². The van der Waals surface area contributed by atoms with Gasteiger partial charge in [0.15, 0.2) is 0 Å². The Labute approximate surface area is 115 Å². The van der Waals surface area contributed by atoms with Gasteiger partial charge in [-0.1, -0.05) is 6.92 Å². The molecule has 2 N–H and O–H groups in total. The summed E-state index contributed by atoms with van der Waals surface area (Å²) >= 11 is 0. The molecule has 0 aromatic carbocycles. The first-order chi connectivity index (χ1) is 9.31. The molecule has 1 unspecified atom stereocenters. The van der Waals surface area contributed by atoms with Gasteiger partial charge in [0, 0.05) is 31.9 Å². The van der Waals surface area contributed by atoms with Gasteiger partial charge in [0.25, 0.3) is 0 Å². The maximum atomic E-state index is 6.01. The first kappa shape index (κ1) is 14.5. The minimum Gasteiger partial charge on any atom is -0.380 e. The van der Waals surface area contributed by atoms with Crippen LogP contribution in [0.1, 0.15) is 44.5 Å². The molecule has 1 aliphatic rings. The fourth-order valence-corrected chi connectivity index (χ4v) is 2.55. The number of nitrogens with two attached hydrogens (primary N) is 1. The molecule has 5 heteroatoms. The molecule has 19 heavy (non-hydrogen) atoms. The van der Waals surface area contributed by atoms with Crippen molar-refractivity contribution in [2.24, 2.45) is 5.73 Å². The SMILES string of the molecule is CCOCCN(CC)C(CN)c1cncn1C1CC1. The van der Waals surface area contributed by atoms with Crippen LogP contribution in [0.15, 0.2) is 12.5 Å². The molecule has 0 spiro atoms. The summed E-state index contributed by atoms with van der Waals surface area (Å²) in [6.07, 6.45) is 6.46. The number of hydrogen-bond donors (Lipinski definition) is 1. The van der Waals surface area contributed by atoms with E-state index in [2.05, 4.69) is 21.4 Å². The Morgan fingerprint density at radius 2 is 2.32 bits per heavy atom. The Morgan fingerprint density at radius 3 is 2.89 bits per heavy atom. The van der Waals surface area contributed by atoms with Crippen LogP contribution in [0.3, 0.4) is 0 Å². The fraction of sp³-hybridized carbons (Fsp3) is 0.786. The quantitative estimate of drug-likeness (QED) is 0.689. The van der Waals surface area contributed by atoms with Gasteiger partial charge in [0.1, 0.15) is 0 Å². The Morgan fingerprint density at radius 1 is 1.53 bits per heavy atom. The number of imidazole rings is 1. The Balaban J connectivity index is 2.05. The molecule has 1 aromatic heterocycles. The Kier molecular flexibility index (Phi) is 5.36. The first-order valence-electron chi connectivity index (χ1n) is 7.35. The van der Waals surface area contributed by atoms with Gasteiger partial charge >= 0.3 is 0 Å². The zero-order valence-electron chi connectivity index (χ0n) is 12.1. The third-order valence-electron chi connectivity index (χ3n) is 3.77. The van der Waals surface area contributed by atoms with E-state index in [0.717, 1.165) is 26.3 Å². The van der Waals surface area contributed by atoms with Crippen LogP contribution < -0.4 is 5.73 Å². The molecular formula is C14H26N4O. The monoisotopic (exact) mass is 266 g/mol. The molecule has 0 aliphatic heterocycles. The molecule has 1 atom stereocenters. The fourth-order valence-electron chi connectivity index (χ4n) is 2.55. The Bertz CT molecular complexity index is 375. The summed E-state index contributed by atoms with van der Waals surface area (Å²) in [5, 5.41) is 0. The molecule has 5 nitrogen and oxygen atoms in total. The highest BCUT2D eigenvalue weighted by Crippen LogP contribution is 2.37. The lowest BCUT2D eigenvalue weighted by atomic mass is 10.1. The molecule has 2 rings (SSSR count). The second-order valence-corrected chi connectivity index (χ2v) is 5.03. The molecule has 0 amide bonds. The zero-order chi connectivity index (χ0) is 13.7. The van der Waals surface area contributed by atoms with Crippen LogP contribution in [-0.2, 0) is 4.74 Å². The summed E-state index contributed by atoms with van der Waals surface area (Å²) in [5.74, 6) is 0. The highest BCUT2D eigenvalue weighted by Gasteiger charge is 2.29. The molecule has 0 bridgehead atoms. The summed E-state index contributed by atoms with van der Waals surface area (Å²) in [5.41, 5.74) is 7.26. The molecule has 0 saturated heterocycles. The average molecular weight is 266 g/mol. The van der Waals surface area contributed by atoms with Crippen LogP contribution in [-0.4, -0.2) is 47.3 Å². The molecule has 0 radical (unpaired) electrons. The highest BCUT2D eigenvalue weighted by molar-refractivity contribution is 5.10. The maximum Gasteiger partial charge on any atom is 0.0951 e. The third-order valence-corrected chi connectivity index (χ3v) is 3.77. The smallest absolute Gasteiger partial charge is 0.0951 e. The topological polar surface area (TPSA) is 56.3 Å². The van der Waals surface area contributed by atoms with Gasteiger partial charge in [-0.05, 0) is 26.3 Å². The first-order valence-corrected chi connectivity index (χ1v) is 7.35. The molecular weight excluding hydrogens is 240 g/mol. The van der Waals surface area contributed by atoms with E-state index in [1.54, 1.807) is 0 Å². The zero-order valence-corrected chi connectivity index (χ0v) is 12.1. The Hall–Kier alpha value is -0.910. The van der Waals surface area contributed by atoms with Crippen molar-refractivity contribution in [2.75, 3.05) is 32.8 Å². The largest absolute Gasteiger partial charge is 0.380 e. The van der Waals surface area contributed by atoms with E-state index in [9.17, 15) is 0 Å². The van der Waals surface area contributed by atoms with E-state index in [-0.39, 0.29) is 6.04 Å². The van der Waals surface area contributed by atoms with E-state index >= 15 is 0 Å². The summed E-state index contributed by atoms with van der Waals surface area (Å²) in [7, 11) is 0. The number of aromatic nitrogens is 2. The summed E-state index contributed by atoms with van der Waals surface area (Å²) in [6, 6.07) is 0.894. The number of nitrogens with zero attached hydrogens (tertiary/aromatic N) is 3. The molecule has 1 aromatic rings. The second kappa shape index (κ2) is 7.03. The van der Waals surface area contributed by atoms with Crippen LogP contribution in [0, 0.1) is 0 Å². The second-order valence-electron chi connectivity index (χ2n) is 5.03. The maximum absolute atomic E-state index is 6.01. The molecule has 1 fully saturated rings. The van der Waals surface area contributed by atoms with Crippen molar-refractivity contribution in [1.29, 1.82) is 0 Å². The van der Waals surface area contributed by atoms with Crippen LogP contribution >= 0.6 is 0 Å². The van der Waals surface area contributed by atoms with Crippen molar-refractivity contribution in [3.63, 3.8) is 0 Å². The van der Waals surface area contributed by atoms with Crippen LogP contribution in [0.25, 0.3) is 0 Å². The number of ether oxygens (including phenoxy) is 1. The lowest BCUT2D eigenvalue weighted by Crippen LogP contribution is -2.37. The third kappa shape index (κ3) is 3.55. The van der Waals surface area contributed by atoms with E-state index in [4.69, 9.17) is 10.5 Å². The van der Waals surface area contributed by atoms with Crippen molar-refractivity contribution in [1.82, 2.24) is 14.5 Å². The summed E-state index contributed by atoms with van der Waals surface area (Å²) in [4.78, 5) is 6.70. The van der Waals surface area contributed by atoms with Gasteiger partial charge in [-0.25, -0.2) is 4.98 Å². The lowest BCUT2D eigenvalue weighted by molar-refractivity contribution is 0.0962. The summed E-state index contributed by atoms with van der Waals surface area (Å²) in [6.45, 7) is 8.25. The van der Waals surface area contributed by atoms with Gasteiger partial charge < -0.3 is 15.0 Å². The van der Waals surface area contributed by atoms with Crippen LogP contribution in [0.5, 0.6) is 0 Å². The standard InChI is InChI=1S/C14H26N4O/c1-3-17(7-8-19-4-2)13(9-15)14-10-16-11-18(14)12-5-6-12/h10-13H,3-9,15H2,1-2H3. The molecule has 108 valence electrons. The van der Waals surface area contributed by atoms with Gasteiger partial charge in [0.2, 0.25) is 0 Å². The van der Waals surface area contributed by atoms with Crippen LogP contribution in [0.2, 0.25) is 0 Å². The van der Waals surface area contributed by atoms with Crippen molar-refractivity contribution in [3.8, 4) is 0 Å². The van der Waals surface area contributed by atoms with Crippen molar-refractivity contribution in [2.45, 2.75) is 38.8 Å². The van der Waals surface area contributed by atoms with E-state index in [0.29, 0.717) is 12.6 Å². The van der Waals surface area contributed by atoms with Gasteiger partial charge in [-0.2, -0.15) is 0 Å². The minimum absolute atomic E-state index is 0.244. The highest BCUT2D eigenvalue weighted by atomic mass is 16.5. The molecule has 1 saturated carbocycles. The van der Waals surface area contributed by atoms with E-state index in [1.165, 1.54) is 18.5 Å². The lowest BCUT2D eigenvalue weighted by Gasteiger charge is -2.30. The normalized spacial score (nSPS) is 17.1. The van der Waals surface area contributed by atoms with Gasteiger partial charge in [-0.15, -0.1) is 0 Å². The van der Waals surface area contributed by atoms with Gasteiger partial charge in [-0.3, -0.25) is 4.90 Å². The predicted molar refractivity (Wildman–Crippen MR) is 76.0 cm³/mol. The number of likely N-dealkylation sites (N-methyl/N-ethyl adjacent to an activating group) is 1. The van der Waals surface area contributed by atoms with Crippen molar-refractivity contribution >= 4 is 0 Å². The van der Waals surface area contributed by atoms with Gasteiger partial charge in [0.05, 0.1) is 24.7 Å².